The number of carbonyl (C=O) groups excluding carboxylic acids is 3. The molecule has 0 unspecified atom stereocenters. The molecule has 1 fully saturated rings. The van der Waals surface area contributed by atoms with Gasteiger partial charge in [0.05, 0.1) is 0 Å². The van der Waals surface area contributed by atoms with Crippen molar-refractivity contribution in [1.82, 2.24) is 36.2 Å². The molecule has 0 spiro atoms. The van der Waals surface area contributed by atoms with Gasteiger partial charge in [0, 0.05) is 53.5 Å². The molecule has 50 heavy (non-hydrogen) atoms. The molecular formula is C38H42N8O4. The van der Waals surface area contributed by atoms with Gasteiger partial charge in [-0.25, -0.2) is 4.79 Å². The molecule has 258 valence electrons. The van der Waals surface area contributed by atoms with Crippen molar-refractivity contribution in [2.75, 3.05) is 11.9 Å². The van der Waals surface area contributed by atoms with Crippen LogP contribution in [-0.4, -0.2) is 61.7 Å². The number of alkyl carbamates (subject to hydrolysis) is 1. The van der Waals surface area contributed by atoms with E-state index in [0.717, 1.165) is 45.9 Å². The Labute approximate surface area is 290 Å². The molecule has 2 aromatic heterocycles. The Kier molecular flexibility index (Phi) is 10.5. The van der Waals surface area contributed by atoms with Crippen molar-refractivity contribution in [3.8, 4) is 22.5 Å². The summed E-state index contributed by atoms with van der Waals surface area (Å²) in [6.07, 6.45) is 6.52. The van der Waals surface area contributed by atoms with Gasteiger partial charge in [0.15, 0.2) is 0 Å². The molecule has 12 heteroatoms. The molecule has 6 rings (SSSR count). The smallest absolute Gasteiger partial charge is 0.407 e. The number of aromatic nitrogens is 5. The fraction of sp³-hybridized carbons (Fsp3) is 0.342. The number of hydrogen-bond donors (Lipinski definition) is 4. The number of aromatic amines is 1. The number of hydrogen-bond acceptors (Lipinski definition) is 8. The highest BCUT2D eigenvalue weighted by Crippen LogP contribution is 2.30. The maximum Gasteiger partial charge on any atom is 0.407 e. The lowest BCUT2D eigenvalue weighted by Crippen LogP contribution is -2.48. The van der Waals surface area contributed by atoms with Crippen LogP contribution in [0.3, 0.4) is 0 Å². The number of nitrogens with zero attached hydrogens (tertiary/aromatic N) is 4. The van der Waals surface area contributed by atoms with E-state index in [4.69, 9.17) is 4.74 Å². The molecule has 2 heterocycles. The van der Waals surface area contributed by atoms with Gasteiger partial charge in [0.1, 0.15) is 11.6 Å². The summed E-state index contributed by atoms with van der Waals surface area (Å²) in [7, 11) is 0. The summed E-state index contributed by atoms with van der Waals surface area (Å²) in [5.74, 6) is 0.0269. The van der Waals surface area contributed by atoms with E-state index in [-0.39, 0.29) is 23.7 Å². The molecule has 0 bridgehead atoms. The molecule has 1 aliphatic carbocycles. The number of pyridine rings is 1. The number of tetrazole rings is 1. The van der Waals surface area contributed by atoms with E-state index in [2.05, 4.69) is 47.6 Å². The van der Waals surface area contributed by atoms with Gasteiger partial charge in [-0.15, -0.1) is 10.2 Å². The second kappa shape index (κ2) is 15.3. The number of H-pyrrole nitrogens is 1. The minimum atomic E-state index is -0.809. The van der Waals surface area contributed by atoms with Crippen molar-refractivity contribution in [3.63, 3.8) is 0 Å². The Morgan fingerprint density at radius 3 is 2.32 bits per heavy atom. The van der Waals surface area contributed by atoms with Crippen LogP contribution in [0.5, 0.6) is 0 Å². The molecule has 0 aliphatic heterocycles. The number of benzene rings is 3. The van der Waals surface area contributed by atoms with Crippen LogP contribution < -0.4 is 16.0 Å². The quantitative estimate of drug-likeness (QED) is 0.139. The fourth-order valence-electron chi connectivity index (χ4n) is 6.29. The van der Waals surface area contributed by atoms with E-state index in [1.807, 2.05) is 75.6 Å². The van der Waals surface area contributed by atoms with E-state index in [9.17, 15) is 14.4 Å². The summed E-state index contributed by atoms with van der Waals surface area (Å²) in [5.41, 5.74) is 3.73. The first-order valence-electron chi connectivity index (χ1n) is 17.0. The largest absolute Gasteiger partial charge is 0.444 e. The fourth-order valence-corrected chi connectivity index (χ4v) is 6.29. The molecule has 1 atom stereocenters. The third-order valence-electron chi connectivity index (χ3n) is 8.91. The lowest BCUT2D eigenvalue weighted by molar-refractivity contribution is -0.130. The van der Waals surface area contributed by atoms with Crippen LogP contribution >= 0.6 is 0 Å². The normalized spacial score (nSPS) is 16.7. The number of carbonyl (C=O) groups is 3. The maximum absolute atomic E-state index is 13.8. The van der Waals surface area contributed by atoms with Crippen LogP contribution in [0.1, 0.15) is 52.0 Å². The van der Waals surface area contributed by atoms with Gasteiger partial charge in [0.25, 0.3) is 0 Å². The zero-order valence-corrected chi connectivity index (χ0v) is 28.5. The molecule has 4 N–H and O–H groups in total. The molecular weight excluding hydrogens is 632 g/mol. The second-order valence-corrected chi connectivity index (χ2v) is 13.8. The second-order valence-electron chi connectivity index (χ2n) is 13.8. The molecule has 12 nitrogen and oxygen atoms in total. The Morgan fingerprint density at radius 1 is 0.900 bits per heavy atom. The van der Waals surface area contributed by atoms with E-state index >= 15 is 0 Å². The molecule has 1 saturated carbocycles. The van der Waals surface area contributed by atoms with Crippen molar-refractivity contribution in [3.05, 3.63) is 90.8 Å². The Bertz CT molecular complexity index is 1910. The van der Waals surface area contributed by atoms with Crippen LogP contribution in [0.25, 0.3) is 33.3 Å². The van der Waals surface area contributed by atoms with E-state index in [1.165, 1.54) is 0 Å². The SMILES string of the molecule is CC(C)(C)OC(=O)NCC1CCC(C(=O)N[C@@H](Cc2ccc(-c3cncc4ccccc34)cc2)C(=O)Nc2ccc(-c3nn[nH]n3)cc2)CC1. The van der Waals surface area contributed by atoms with Crippen LogP contribution in [0.2, 0.25) is 0 Å². The zero-order valence-electron chi connectivity index (χ0n) is 28.5. The first kappa shape index (κ1) is 34.2. The number of anilines is 1. The minimum Gasteiger partial charge on any atom is -0.444 e. The minimum absolute atomic E-state index is 0.144. The summed E-state index contributed by atoms with van der Waals surface area (Å²) in [5, 5.41) is 25.1. The summed E-state index contributed by atoms with van der Waals surface area (Å²) in [4.78, 5) is 43.9. The zero-order chi connectivity index (χ0) is 35.1. The number of rotatable bonds is 10. The lowest BCUT2D eigenvalue weighted by atomic mass is 9.81. The van der Waals surface area contributed by atoms with Gasteiger partial charge >= 0.3 is 6.09 Å². The Morgan fingerprint density at radius 2 is 1.62 bits per heavy atom. The van der Waals surface area contributed by atoms with Crippen molar-refractivity contribution in [2.24, 2.45) is 11.8 Å². The van der Waals surface area contributed by atoms with Gasteiger partial charge in [-0.2, -0.15) is 5.21 Å². The molecule has 1 aliphatic rings. The Balaban J connectivity index is 1.12. The first-order valence-corrected chi connectivity index (χ1v) is 17.0. The molecule has 3 aromatic carbocycles. The monoisotopic (exact) mass is 674 g/mol. The summed E-state index contributed by atoms with van der Waals surface area (Å²) < 4.78 is 5.35. The molecule has 5 aromatic rings. The topological polar surface area (TPSA) is 164 Å². The van der Waals surface area contributed by atoms with E-state index in [1.54, 1.807) is 24.3 Å². The van der Waals surface area contributed by atoms with E-state index < -0.39 is 17.7 Å². The van der Waals surface area contributed by atoms with Crippen molar-refractivity contribution >= 4 is 34.4 Å². The highest BCUT2D eigenvalue weighted by atomic mass is 16.6. The lowest BCUT2D eigenvalue weighted by Gasteiger charge is -2.29. The average molecular weight is 675 g/mol. The number of amides is 3. The summed E-state index contributed by atoms with van der Waals surface area (Å²) >= 11 is 0. The van der Waals surface area contributed by atoms with Gasteiger partial charge in [-0.05, 0) is 98.4 Å². The summed E-state index contributed by atoms with van der Waals surface area (Å²) in [6, 6.07) is 22.5. The highest BCUT2D eigenvalue weighted by molar-refractivity contribution is 5.98. The van der Waals surface area contributed by atoms with E-state index in [0.29, 0.717) is 37.3 Å². The standard InChI is InChI=1S/C38H42N8O4/c1-38(2,3)50-37(49)40-21-25-10-14-28(15-11-25)35(47)42-33(36(48)41-30-18-16-27(17-19-30)34-43-45-46-44-34)20-24-8-12-26(13-9-24)32-23-39-22-29-6-4-5-7-31(29)32/h4-9,12-13,16-19,22-23,25,28,33H,10-11,14-15,20-21H2,1-3H3,(H,40,49)(H,41,48)(H,42,47)(H,43,44,45,46)/t25?,28?,33-/m0/s1. The number of ether oxygens (including phenoxy) is 1. The third-order valence-corrected chi connectivity index (χ3v) is 8.91. The van der Waals surface area contributed by atoms with Crippen molar-refractivity contribution in [1.29, 1.82) is 0 Å². The molecule has 0 saturated heterocycles. The highest BCUT2D eigenvalue weighted by Gasteiger charge is 2.30. The van der Waals surface area contributed by atoms with Crippen LogP contribution in [0, 0.1) is 11.8 Å². The third kappa shape index (κ3) is 8.87. The van der Waals surface area contributed by atoms with Gasteiger partial charge in [0.2, 0.25) is 17.6 Å². The average Bonchev–Trinajstić information content (AvgIpc) is 3.66. The predicted octanol–water partition coefficient (Wildman–Crippen LogP) is 6.08. The van der Waals surface area contributed by atoms with Gasteiger partial charge in [-0.1, -0.05) is 48.5 Å². The number of fused-ring (bicyclic) bond motifs is 1. The number of nitrogens with one attached hydrogen (secondary N) is 4. The van der Waals surface area contributed by atoms with Crippen LogP contribution in [-0.2, 0) is 20.7 Å². The molecule has 3 amide bonds. The van der Waals surface area contributed by atoms with Crippen molar-refractivity contribution in [2.45, 2.75) is 64.5 Å². The summed E-state index contributed by atoms with van der Waals surface area (Å²) in [6.45, 7) is 6.00. The van der Waals surface area contributed by atoms with Crippen molar-refractivity contribution < 1.29 is 19.1 Å². The Hall–Kier alpha value is -5.65. The predicted molar refractivity (Wildman–Crippen MR) is 191 cm³/mol. The van der Waals surface area contributed by atoms with Crippen LogP contribution in [0.15, 0.2) is 85.2 Å². The van der Waals surface area contributed by atoms with Crippen LogP contribution in [0.4, 0.5) is 10.5 Å². The first-order chi connectivity index (χ1) is 24.1. The van der Waals surface area contributed by atoms with Gasteiger partial charge in [-0.3, -0.25) is 14.6 Å². The molecule has 0 radical (unpaired) electrons. The maximum atomic E-state index is 13.8. The van der Waals surface area contributed by atoms with Gasteiger partial charge < -0.3 is 20.7 Å².